The summed E-state index contributed by atoms with van der Waals surface area (Å²) in [5.74, 6) is 0.304. The molecule has 88 valence electrons. The van der Waals surface area contributed by atoms with Gasteiger partial charge >= 0.3 is 5.69 Å². The van der Waals surface area contributed by atoms with Gasteiger partial charge in [0.25, 0.3) is 0 Å². The molecule has 0 aliphatic carbocycles. The zero-order valence-electron chi connectivity index (χ0n) is 8.91. The van der Waals surface area contributed by atoms with Gasteiger partial charge in [-0.25, -0.2) is 0 Å². The van der Waals surface area contributed by atoms with Crippen LogP contribution in [0.5, 0.6) is 5.75 Å². The van der Waals surface area contributed by atoms with Crippen LogP contribution < -0.4 is 10.5 Å². The van der Waals surface area contributed by atoms with Crippen molar-refractivity contribution in [1.82, 2.24) is 5.16 Å². The topological polar surface area (TPSA) is 104 Å². The maximum atomic E-state index is 10.8. The molecule has 1 aromatic heterocycles. The average Bonchev–Trinajstić information content (AvgIpc) is 2.74. The Morgan fingerprint density at radius 1 is 1.53 bits per heavy atom. The van der Waals surface area contributed by atoms with E-state index in [9.17, 15) is 10.1 Å². The Hall–Kier alpha value is -2.57. The number of nitrogens with zero attached hydrogens (tertiary/aromatic N) is 2. The van der Waals surface area contributed by atoms with Gasteiger partial charge in [0.1, 0.15) is 0 Å². The minimum Gasteiger partial charge on any atom is -0.490 e. The Balaban J connectivity index is 2.55. The second-order valence-corrected chi connectivity index (χ2v) is 3.25. The van der Waals surface area contributed by atoms with Gasteiger partial charge in [-0.05, 0) is 17.7 Å². The highest BCUT2D eigenvalue weighted by molar-refractivity contribution is 5.74. The van der Waals surface area contributed by atoms with Crippen molar-refractivity contribution in [2.75, 3.05) is 12.8 Å². The first-order valence-electron chi connectivity index (χ1n) is 4.66. The summed E-state index contributed by atoms with van der Waals surface area (Å²) in [4.78, 5) is 10.3. The molecule has 2 N–H and O–H groups in total. The van der Waals surface area contributed by atoms with Gasteiger partial charge in [0, 0.05) is 6.07 Å². The van der Waals surface area contributed by atoms with E-state index in [0.717, 1.165) is 0 Å². The largest absolute Gasteiger partial charge is 0.490 e. The average molecular weight is 235 g/mol. The van der Waals surface area contributed by atoms with E-state index in [1.165, 1.54) is 25.4 Å². The molecule has 0 amide bonds. The van der Waals surface area contributed by atoms with Crippen LogP contribution in [-0.4, -0.2) is 17.2 Å². The number of anilines is 1. The first-order chi connectivity index (χ1) is 8.13. The van der Waals surface area contributed by atoms with E-state index in [0.29, 0.717) is 11.1 Å². The molecule has 2 rings (SSSR count). The van der Waals surface area contributed by atoms with Crippen LogP contribution in [0.2, 0.25) is 0 Å². The Morgan fingerprint density at radius 2 is 2.29 bits per heavy atom. The van der Waals surface area contributed by atoms with Crippen molar-refractivity contribution < 1.29 is 14.2 Å². The molecule has 0 bridgehead atoms. The van der Waals surface area contributed by atoms with E-state index in [1.54, 1.807) is 6.07 Å². The number of hydrogen-bond donors (Lipinski definition) is 1. The summed E-state index contributed by atoms with van der Waals surface area (Å²) in [5, 5.41) is 14.4. The van der Waals surface area contributed by atoms with E-state index >= 15 is 0 Å². The fraction of sp³-hybridized carbons (Fsp3) is 0.100. The predicted molar refractivity (Wildman–Crippen MR) is 59.6 cm³/mol. The molecule has 17 heavy (non-hydrogen) atoms. The van der Waals surface area contributed by atoms with Crippen LogP contribution in [0.1, 0.15) is 0 Å². The lowest BCUT2D eigenvalue weighted by atomic mass is 10.1. The van der Waals surface area contributed by atoms with Crippen LogP contribution in [0, 0.1) is 10.1 Å². The van der Waals surface area contributed by atoms with Crippen LogP contribution in [0.25, 0.3) is 11.1 Å². The molecule has 0 atom stereocenters. The summed E-state index contributed by atoms with van der Waals surface area (Å²) in [6.45, 7) is 0. The number of benzene rings is 1. The normalized spacial score (nSPS) is 10.2. The Labute approximate surface area is 95.9 Å². The molecule has 0 aliphatic rings. The van der Waals surface area contributed by atoms with Gasteiger partial charge in [-0.2, -0.15) is 0 Å². The van der Waals surface area contributed by atoms with Gasteiger partial charge in [0.15, 0.2) is 5.75 Å². The van der Waals surface area contributed by atoms with Gasteiger partial charge in [0.2, 0.25) is 5.88 Å². The van der Waals surface area contributed by atoms with Gasteiger partial charge in [-0.3, -0.25) is 10.1 Å². The summed E-state index contributed by atoms with van der Waals surface area (Å²) in [6.07, 6.45) is 1.40. The highest BCUT2D eigenvalue weighted by atomic mass is 16.6. The number of methoxy groups -OCH3 is 1. The molecule has 7 heteroatoms. The standard InChI is InChI=1S/C10H9N3O4/c1-16-9-3-2-6(4-8(9)13(14)15)7-5-12-17-10(7)11/h2-5H,11H2,1H3. The van der Waals surface area contributed by atoms with Crippen molar-refractivity contribution in [2.45, 2.75) is 0 Å². The fourth-order valence-corrected chi connectivity index (χ4v) is 1.47. The Kier molecular flexibility index (Phi) is 2.65. The number of ether oxygens (including phenoxy) is 1. The van der Waals surface area contributed by atoms with Crippen LogP contribution in [0.4, 0.5) is 11.6 Å². The Morgan fingerprint density at radius 3 is 2.82 bits per heavy atom. The molecule has 0 aliphatic heterocycles. The van der Waals surface area contributed by atoms with Crippen molar-refractivity contribution in [3.8, 4) is 16.9 Å². The zero-order chi connectivity index (χ0) is 12.4. The lowest BCUT2D eigenvalue weighted by Gasteiger charge is -2.03. The van der Waals surface area contributed by atoms with E-state index < -0.39 is 4.92 Å². The molecule has 1 aromatic carbocycles. The first kappa shape index (κ1) is 10.9. The van der Waals surface area contributed by atoms with E-state index in [-0.39, 0.29) is 17.3 Å². The molecule has 0 fully saturated rings. The summed E-state index contributed by atoms with van der Waals surface area (Å²) >= 11 is 0. The van der Waals surface area contributed by atoms with Gasteiger partial charge in [-0.15, -0.1) is 0 Å². The number of hydrogen-bond acceptors (Lipinski definition) is 6. The Bertz CT molecular complexity index is 564. The summed E-state index contributed by atoms with van der Waals surface area (Å²) in [6, 6.07) is 4.51. The van der Waals surface area contributed by atoms with Gasteiger partial charge in [-0.1, -0.05) is 5.16 Å². The monoisotopic (exact) mass is 235 g/mol. The molecule has 0 radical (unpaired) electrons. The highest BCUT2D eigenvalue weighted by Gasteiger charge is 2.17. The number of nitro groups is 1. The number of aromatic nitrogens is 1. The van der Waals surface area contributed by atoms with Crippen LogP contribution in [-0.2, 0) is 0 Å². The van der Waals surface area contributed by atoms with Gasteiger partial charge < -0.3 is 15.0 Å². The van der Waals surface area contributed by atoms with Crippen molar-refractivity contribution in [3.05, 3.63) is 34.5 Å². The van der Waals surface area contributed by atoms with Crippen LogP contribution in [0.3, 0.4) is 0 Å². The third-order valence-corrected chi connectivity index (χ3v) is 2.28. The smallest absolute Gasteiger partial charge is 0.311 e. The summed E-state index contributed by atoms with van der Waals surface area (Å²) in [7, 11) is 1.37. The molecule has 7 nitrogen and oxygen atoms in total. The fourth-order valence-electron chi connectivity index (χ4n) is 1.47. The summed E-state index contributed by atoms with van der Waals surface area (Å²) in [5.41, 5.74) is 6.47. The van der Waals surface area contributed by atoms with Gasteiger partial charge in [0.05, 0.1) is 23.8 Å². The SMILES string of the molecule is COc1ccc(-c2cnoc2N)cc1[N+](=O)[O-]. The van der Waals surface area contributed by atoms with E-state index in [2.05, 4.69) is 5.16 Å². The molecule has 0 saturated carbocycles. The zero-order valence-corrected chi connectivity index (χ0v) is 8.91. The van der Waals surface area contributed by atoms with Crippen molar-refractivity contribution in [2.24, 2.45) is 0 Å². The third-order valence-electron chi connectivity index (χ3n) is 2.28. The van der Waals surface area contributed by atoms with Crippen molar-refractivity contribution in [3.63, 3.8) is 0 Å². The second-order valence-electron chi connectivity index (χ2n) is 3.25. The molecule has 0 saturated heterocycles. The molecular formula is C10H9N3O4. The molecular weight excluding hydrogens is 226 g/mol. The highest BCUT2D eigenvalue weighted by Crippen LogP contribution is 2.34. The second kappa shape index (κ2) is 4.12. The first-order valence-corrected chi connectivity index (χ1v) is 4.66. The van der Waals surface area contributed by atoms with Crippen molar-refractivity contribution >= 4 is 11.6 Å². The molecule has 0 unspecified atom stereocenters. The molecule has 1 heterocycles. The lowest BCUT2D eigenvalue weighted by Crippen LogP contribution is -1.94. The van der Waals surface area contributed by atoms with Crippen LogP contribution >= 0.6 is 0 Å². The summed E-state index contributed by atoms with van der Waals surface area (Å²) < 4.78 is 9.60. The number of rotatable bonds is 3. The van der Waals surface area contributed by atoms with Crippen molar-refractivity contribution in [1.29, 1.82) is 0 Å². The van der Waals surface area contributed by atoms with E-state index in [1.807, 2.05) is 0 Å². The quantitative estimate of drug-likeness (QED) is 0.642. The minimum atomic E-state index is -0.522. The predicted octanol–water partition coefficient (Wildman–Crippen LogP) is 1.84. The lowest BCUT2D eigenvalue weighted by molar-refractivity contribution is -0.385. The number of nitrogens with two attached hydrogens (primary N) is 1. The minimum absolute atomic E-state index is 0.115. The number of nitro benzene ring substituents is 1. The molecule has 2 aromatic rings. The maximum Gasteiger partial charge on any atom is 0.311 e. The maximum absolute atomic E-state index is 10.8. The number of nitrogen functional groups attached to an aromatic ring is 1. The third kappa shape index (κ3) is 1.89. The van der Waals surface area contributed by atoms with E-state index in [4.69, 9.17) is 15.0 Å². The van der Waals surface area contributed by atoms with Crippen LogP contribution in [0.15, 0.2) is 28.9 Å². The molecule has 0 spiro atoms.